The second-order valence-electron chi connectivity index (χ2n) is 2.98. The predicted octanol–water partition coefficient (Wildman–Crippen LogP) is 2.27. The molecule has 0 fully saturated rings. The molecule has 0 amide bonds. The van der Waals surface area contributed by atoms with E-state index >= 15 is 0 Å². The van der Waals surface area contributed by atoms with Crippen molar-refractivity contribution in [1.82, 2.24) is 0 Å². The molecule has 0 aliphatic carbocycles. The van der Waals surface area contributed by atoms with Gasteiger partial charge >= 0.3 is 5.97 Å². The quantitative estimate of drug-likeness (QED) is 0.709. The number of hydrogen-bond donors (Lipinski definition) is 0. The van der Waals surface area contributed by atoms with Crippen LogP contribution in [0.25, 0.3) is 6.08 Å². The van der Waals surface area contributed by atoms with E-state index in [4.69, 9.17) is 9.47 Å². The zero-order valence-electron chi connectivity index (χ0n) is 8.90. The third-order valence-electron chi connectivity index (χ3n) is 1.81. The second-order valence-corrected chi connectivity index (χ2v) is 2.98. The zero-order valence-corrected chi connectivity index (χ0v) is 8.90. The van der Waals surface area contributed by atoms with E-state index in [0.717, 1.165) is 11.3 Å². The maximum absolute atomic E-state index is 10.5. The van der Waals surface area contributed by atoms with Crippen LogP contribution in [-0.4, -0.2) is 19.7 Å². The highest BCUT2D eigenvalue weighted by molar-refractivity contribution is 5.66. The van der Waals surface area contributed by atoms with Gasteiger partial charge in [0.15, 0.2) is 0 Å². The average molecular weight is 206 g/mol. The summed E-state index contributed by atoms with van der Waals surface area (Å²) in [6, 6.07) is 7.63. The monoisotopic (exact) mass is 206 g/mol. The van der Waals surface area contributed by atoms with Gasteiger partial charge in [0.1, 0.15) is 12.4 Å². The molecule has 0 spiro atoms. The van der Waals surface area contributed by atoms with E-state index in [1.165, 1.54) is 6.92 Å². The highest BCUT2D eigenvalue weighted by atomic mass is 16.5. The molecule has 0 aromatic heterocycles. The van der Waals surface area contributed by atoms with Crippen molar-refractivity contribution in [2.45, 2.75) is 6.92 Å². The van der Waals surface area contributed by atoms with Gasteiger partial charge in [-0.3, -0.25) is 4.79 Å². The van der Waals surface area contributed by atoms with Gasteiger partial charge in [0.05, 0.1) is 7.11 Å². The Bertz CT molecular complexity index is 338. The smallest absolute Gasteiger partial charge is 0.302 e. The van der Waals surface area contributed by atoms with Crippen molar-refractivity contribution in [3.8, 4) is 5.75 Å². The van der Waals surface area contributed by atoms with Crippen molar-refractivity contribution in [2.75, 3.05) is 13.7 Å². The number of carbonyl (C=O) groups excluding carboxylic acids is 1. The maximum Gasteiger partial charge on any atom is 0.302 e. The van der Waals surface area contributed by atoms with Crippen LogP contribution in [0.1, 0.15) is 12.5 Å². The van der Waals surface area contributed by atoms with Crippen molar-refractivity contribution in [2.24, 2.45) is 0 Å². The van der Waals surface area contributed by atoms with Crippen LogP contribution in [0, 0.1) is 0 Å². The van der Waals surface area contributed by atoms with Crippen LogP contribution < -0.4 is 4.74 Å². The van der Waals surface area contributed by atoms with Crippen molar-refractivity contribution >= 4 is 12.0 Å². The van der Waals surface area contributed by atoms with Crippen LogP contribution in [0.5, 0.6) is 5.75 Å². The molecule has 0 aliphatic heterocycles. The normalized spacial score (nSPS) is 10.3. The van der Waals surface area contributed by atoms with E-state index < -0.39 is 0 Å². The fourth-order valence-electron chi connectivity index (χ4n) is 1.06. The third kappa shape index (κ3) is 4.31. The first-order chi connectivity index (χ1) is 7.22. The van der Waals surface area contributed by atoms with E-state index in [-0.39, 0.29) is 5.97 Å². The molecule has 0 aliphatic rings. The highest BCUT2D eigenvalue weighted by Gasteiger charge is 1.90. The lowest BCUT2D eigenvalue weighted by Crippen LogP contribution is -1.97. The molecule has 0 unspecified atom stereocenters. The van der Waals surface area contributed by atoms with Gasteiger partial charge in [-0.25, -0.2) is 0 Å². The largest absolute Gasteiger partial charge is 0.497 e. The summed E-state index contributed by atoms with van der Waals surface area (Å²) in [5, 5.41) is 0. The number of esters is 1. The Morgan fingerprint density at radius 3 is 2.53 bits per heavy atom. The van der Waals surface area contributed by atoms with Gasteiger partial charge in [0.25, 0.3) is 0 Å². The average Bonchev–Trinajstić information content (AvgIpc) is 2.25. The van der Waals surface area contributed by atoms with Gasteiger partial charge in [0, 0.05) is 6.92 Å². The predicted molar refractivity (Wildman–Crippen MR) is 58.7 cm³/mol. The lowest BCUT2D eigenvalue weighted by molar-refractivity contribution is -0.139. The summed E-state index contributed by atoms with van der Waals surface area (Å²) in [6.45, 7) is 1.70. The molecule has 1 aromatic rings. The highest BCUT2D eigenvalue weighted by Crippen LogP contribution is 2.12. The SMILES string of the molecule is COc1ccc(C=CCOC(C)=O)cc1. The molecule has 1 rings (SSSR count). The molecule has 0 bridgehead atoms. The molecule has 0 N–H and O–H groups in total. The van der Waals surface area contributed by atoms with Gasteiger partial charge in [-0.15, -0.1) is 0 Å². The first kappa shape index (κ1) is 11.3. The Morgan fingerprint density at radius 1 is 1.33 bits per heavy atom. The molecule has 3 heteroatoms. The summed E-state index contributed by atoms with van der Waals surface area (Å²) in [5.74, 6) is 0.557. The van der Waals surface area contributed by atoms with Gasteiger partial charge in [0.2, 0.25) is 0 Å². The van der Waals surface area contributed by atoms with Crippen LogP contribution in [-0.2, 0) is 9.53 Å². The summed E-state index contributed by atoms with van der Waals surface area (Å²) in [5.41, 5.74) is 1.04. The summed E-state index contributed by atoms with van der Waals surface area (Å²) >= 11 is 0. The third-order valence-corrected chi connectivity index (χ3v) is 1.81. The molecule has 3 nitrogen and oxygen atoms in total. The maximum atomic E-state index is 10.5. The van der Waals surface area contributed by atoms with Crippen LogP contribution >= 0.6 is 0 Å². The molecular formula is C12H14O3. The molecule has 15 heavy (non-hydrogen) atoms. The number of methoxy groups -OCH3 is 1. The minimum atomic E-state index is -0.269. The molecule has 1 aromatic carbocycles. The van der Waals surface area contributed by atoms with E-state index in [0.29, 0.717) is 6.61 Å². The van der Waals surface area contributed by atoms with Crippen molar-refractivity contribution in [3.63, 3.8) is 0 Å². The van der Waals surface area contributed by atoms with Crippen molar-refractivity contribution < 1.29 is 14.3 Å². The van der Waals surface area contributed by atoms with Crippen LogP contribution in [0.15, 0.2) is 30.3 Å². The van der Waals surface area contributed by atoms with Gasteiger partial charge in [-0.2, -0.15) is 0 Å². The van der Waals surface area contributed by atoms with Crippen LogP contribution in [0.2, 0.25) is 0 Å². The van der Waals surface area contributed by atoms with Crippen LogP contribution in [0.4, 0.5) is 0 Å². The Morgan fingerprint density at radius 2 is 2.00 bits per heavy atom. The number of benzene rings is 1. The van der Waals surface area contributed by atoms with Gasteiger partial charge < -0.3 is 9.47 Å². The molecule has 80 valence electrons. The summed E-state index contributed by atoms with van der Waals surface area (Å²) in [6.07, 6.45) is 3.69. The van der Waals surface area contributed by atoms with Gasteiger partial charge in [-0.1, -0.05) is 18.2 Å². The van der Waals surface area contributed by atoms with E-state index in [1.807, 2.05) is 30.3 Å². The molecule has 0 radical (unpaired) electrons. The zero-order chi connectivity index (χ0) is 11.1. The summed E-state index contributed by atoms with van der Waals surface area (Å²) < 4.78 is 9.79. The minimum Gasteiger partial charge on any atom is -0.497 e. The Balaban J connectivity index is 2.46. The first-order valence-electron chi connectivity index (χ1n) is 4.66. The standard InChI is InChI=1S/C12H14O3/c1-10(13)15-9-3-4-11-5-7-12(14-2)8-6-11/h3-8H,9H2,1-2H3. The Kier molecular flexibility index (Phi) is 4.41. The molecule has 0 heterocycles. The molecule has 0 atom stereocenters. The van der Waals surface area contributed by atoms with Gasteiger partial charge in [-0.05, 0) is 23.8 Å². The molecular weight excluding hydrogens is 192 g/mol. The minimum absolute atomic E-state index is 0.269. The lowest BCUT2D eigenvalue weighted by Gasteiger charge is -1.99. The fraction of sp³-hybridized carbons (Fsp3) is 0.250. The Hall–Kier alpha value is -1.77. The van der Waals surface area contributed by atoms with Crippen molar-refractivity contribution in [3.05, 3.63) is 35.9 Å². The first-order valence-corrected chi connectivity index (χ1v) is 4.66. The summed E-state index contributed by atoms with van der Waals surface area (Å²) in [4.78, 5) is 10.5. The number of ether oxygens (including phenoxy) is 2. The number of rotatable bonds is 4. The van der Waals surface area contributed by atoms with E-state index in [9.17, 15) is 4.79 Å². The molecule has 0 saturated carbocycles. The lowest BCUT2D eigenvalue weighted by atomic mass is 10.2. The van der Waals surface area contributed by atoms with Crippen LogP contribution in [0.3, 0.4) is 0 Å². The van der Waals surface area contributed by atoms with E-state index in [1.54, 1.807) is 13.2 Å². The van der Waals surface area contributed by atoms with E-state index in [2.05, 4.69) is 0 Å². The fourth-order valence-corrected chi connectivity index (χ4v) is 1.06. The summed E-state index contributed by atoms with van der Waals surface area (Å²) in [7, 11) is 1.63. The second kappa shape index (κ2) is 5.86. The number of hydrogen-bond acceptors (Lipinski definition) is 3. The topological polar surface area (TPSA) is 35.5 Å². The Labute approximate surface area is 89.3 Å². The number of carbonyl (C=O) groups is 1. The van der Waals surface area contributed by atoms with Crippen molar-refractivity contribution in [1.29, 1.82) is 0 Å². The molecule has 0 saturated heterocycles.